The van der Waals surface area contributed by atoms with Crippen LogP contribution in [0.4, 0.5) is 0 Å². The molecule has 0 aromatic heterocycles. The van der Waals surface area contributed by atoms with Crippen molar-refractivity contribution in [3.63, 3.8) is 0 Å². The van der Waals surface area contributed by atoms with E-state index in [0.29, 0.717) is 25.0 Å². The molecule has 0 spiro atoms. The van der Waals surface area contributed by atoms with Crippen molar-refractivity contribution in [3.05, 3.63) is 0 Å². The number of ketones is 2. The topological polar surface area (TPSA) is 133 Å². The SMILES string of the molecule is CC(C)[O][Ti+2][O]C(C)C.CCC(C)(C)C(=O)C(C)C(=O)[O-].CCC(C)(C)C(=O)C(C)C(=O)[O-]. The summed E-state index contributed by atoms with van der Waals surface area (Å²) in [6.07, 6.45) is 1.93. The Bertz CT molecular complexity index is 560. The van der Waals surface area contributed by atoms with E-state index in [9.17, 15) is 29.4 Å². The first-order valence-electron chi connectivity index (χ1n) is 11.3. The minimum atomic E-state index is -1.29. The third-order valence-electron chi connectivity index (χ3n) is 5.16. The first-order chi connectivity index (χ1) is 14.8. The molecule has 0 saturated carbocycles. The normalized spacial score (nSPS) is 13.0. The first kappa shape index (κ1) is 36.5. The number of carboxylic acids is 2. The van der Waals surface area contributed by atoms with Gasteiger partial charge in [-0.2, -0.15) is 0 Å². The van der Waals surface area contributed by atoms with Gasteiger partial charge in [0.05, 0.1) is 23.8 Å². The van der Waals surface area contributed by atoms with Gasteiger partial charge in [-0.05, 0) is 12.8 Å². The molecule has 8 nitrogen and oxygen atoms in total. The average Bonchev–Trinajstić information content (AvgIpc) is 2.71. The van der Waals surface area contributed by atoms with Crippen LogP contribution in [0.25, 0.3) is 0 Å². The van der Waals surface area contributed by atoms with E-state index in [4.69, 9.17) is 6.64 Å². The molecule has 0 aliphatic rings. The van der Waals surface area contributed by atoms with E-state index in [1.807, 2.05) is 41.5 Å². The Morgan fingerprint density at radius 1 is 0.667 bits per heavy atom. The van der Waals surface area contributed by atoms with Crippen LogP contribution in [0, 0.1) is 22.7 Å². The molecule has 2 atom stereocenters. The van der Waals surface area contributed by atoms with E-state index in [1.165, 1.54) is 13.8 Å². The van der Waals surface area contributed by atoms with Crippen LogP contribution in [-0.2, 0) is 45.7 Å². The molecule has 0 heterocycles. The van der Waals surface area contributed by atoms with Gasteiger partial charge in [0, 0.05) is 10.8 Å². The molecule has 2 unspecified atom stereocenters. The predicted molar refractivity (Wildman–Crippen MR) is 119 cm³/mol. The Morgan fingerprint density at radius 3 is 1.06 bits per heavy atom. The minimum Gasteiger partial charge on any atom is -0.549 e. The maximum absolute atomic E-state index is 11.4. The molecule has 0 N–H and O–H groups in total. The number of hydrogen-bond donors (Lipinski definition) is 0. The van der Waals surface area contributed by atoms with E-state index in [1.54, 1.807) is 27.7 Å². The Balaban J connectivity index is -0.000000414. The molecule has 0 bridgehead atoms. The summed E-state index contributed by atoms with van der Waals surface area (Å²) in [6.45, 7) is 21.5. The first-order valence-corrected chi connectivity index (χ1v) is 12.6. The molecule has 0 amide bonds. The summed E-state index contributed by atoms with van der Waals surface area (Å²) >= 11 is -0.574. The minimum absolute atomic E-state index is 0.259. The van der Waals surface area contributed by atoms with Crippen LogP contribution in [0.3, 0.4) is 0 Å². The molecular formula is C24H44O8Ti. The number of aliphatic carboxylic acids is 2. The van der Waals surface area contributed by atoms with Crippen molar-refractivity contribution >= 4 is 23.5 Å². The zero-order valence-corrected chi connectivity index (χ0v) is 24.1. The summed E-state index contributed by atoms with van der Waals surface area (Å²) in [6, 6.07) is 0. The standard InChI is InChI=1S/2C9H16O3.2C3H7O.Ti/c2*1-5-9(3,4)7(10)6(2)8(11)12;2*1-3(2)4;/h2*6H,5H2,1-4H3,(H,11,12);2*3H,1-2H3;/q;;2*-1;+4/p-2. The summed E-state index contributed by atoms with van der Waals surface area (Å²) in [5, 5.41) is 20.7. The van der Waals surface area contributed by atoms with Crippen molar-refractivity contribution in [1.29, 1.82) is 0 Å². The molecule has 33 heavy (non-hydrogen) atoms. The van der Waals surface area contributed by atoms with Crippen LogP contribution in [0.2, 0.25) is 0 Å². The summed E-state index contributed by atoms with van der Waals surface area (Å²) in [4.78, 5) is 43.6. The molecule has 0 fully saturated rings. The fourth-order valence-electron chi connectivity index (χ4n) is 1.95. The van der Waals surface area contributed by atoms with Crippen molar-refractivity contribution in [2.24, 2.45) is 22.7 Å². The van der Waals surface area contributed by atoms with Gasteiger partial charge in [0.2, 0.25) is 0 Å². The number of carbonyl (C=O) groups excluding carboxylic acids is 4. The quantitative estimate of drug-likeness (QED) is 0.290. The average molecular weight is 508 g/mol. The summed E-state index contributed by atoms with van der Waals surface area (Å²) in [5.41, 5.74) is -1.11. The van der Waals surface area contributed by atoms with Crippen molar-refractivity contribution < 1.29 is 56.0 Å². The Labute approximate surface area is 210 Å². The molecule has 0 aromatic carbocycles. The van der Waals surface area contributed by atoms with E-state index in [0.717, 1.165) is 0 Å². The monoisotopic (exact) mass is 508 g/mol. The second-order valence-corrected chi connectivity index (χ2v) is 10.7. The van der Waals surface area contributed by atoms with Crippen molar-refractivity contribution in [2.75, 3.05) is 0 Å². The molecule has 0 aliphatic carbocycles. The Kier molecular flexibility index (Phi) is 19.2. The van der Waals surface area contributed by atoms with Gasteiger partial charge in [0.15, 0.2) is 0 Å². The molecule has 0 saturated heterocycles. The van der Waals surface area contributed by atoms with Crippen molar-refractivity contribution in [3.8, 4) is 0 Å². The van der Waals surface area contributed by atoms with Gasteiger partial charge in [-0.15, -0.1) is 0 Å². The van der Waals surface area contributed by atoms with Gasteiger partial charge in [0.1, 0.15) is 11.6 Å². The number of hydrogen-bond acceptors (Lipinski definition) is 8. The summed E-state index contributed by atoms with van der Waals surface area (Å²) in [7, 11) is 0. The third-order valence-corrected chi connectivity index (χ3v) is 6.94. The smallest absolute Gasteiger partial charge is 0.146 e. The molecule has 0 aromatic rings. The van der Waals surface area contributed by atoms with E-state index in [2.05, 4.69) is 0 Å². The molecule has 0 aliphatic heterocycles. The van der Waals surface area contributed by atoms with Gasteiger partial charge in [-0.3, -0.25) is 9.59 Å². The van der Waals surface area contributed by atoms with Gasteiger partial charge in [-0.25, -0.2) is 0 Å². The number of carboxylic acid groups (broad SMARTS) is 2. The third kappa shape index (κ3) is 17.1. The molecular weight excluding hydrogens is 464 g/mol. The fraction of sp³-hybridized carbons (Fsp3) is 0.833. The Hall–Kier alpha value is -1.09. The van der Waals surface area contributed by atoms with Crippen molar-refractivity contribution in [1.82, 2.24) is 0 Å². The Morgan fingerprint density at radius 2 is 0.909 bits per heavy atom. The molecule has 9 heteroatoms. The zero-order chi connectivity index (χ0) is 27.2. The predicted octanol–water partition coefficient (Wildman–Crippen LogP) is 2.50. The van der Waals surface area contributed by atoms with Crippen LogP contribution < -0.4 is 10.2 Å². The zero-order valence-electron chi connectivity index (χ0n) is 22.5. The number of Topliss-reactive ketones (excluding diaryl/α,β-unsaturated/α-hetero) is 2. The molecule has 192 valence electrons. The van der Waals surface area contributed by atoms with Crippen LogP contribution in [0.15, 0.2) is 0 Å². The van der Waals surface area contributed by atoms with Gasteiger partial charge >= 0.3 is 66.5 Å². The van der Waals surface area contributed by atoms with Crippen LogP contribution in [0.1, 0.15) is 95.9 Å². The summed E-state index contributed by atoms with van der Waals surface area (Å²) < 4.78 is 10.5. The van der Waals surface area contributed by atoms with Gasteiger partial charge in [0.25, 0.3) is 0 Å². The van der Waals surface area contributed by atoms with E-state index in [-0.39, 0.29) is 11.6 Å². The fourth-order valence-corrected chi connectivity index (χ4v) is 2.64. The second-order valence-electron chi connectivity index (χ2n) is 9.70. The largest absolute Gasteiger partial charge is 0.549 e. The molecule has 0 rings (SSSR count). The van der Waals surface area contributed by atoms with Gasteiger partial charge < -0.3 is 19.8 Å². The van der Waals surface area contributed by atoms with Crippen molar-refractivity contribution in [2.45, 2.75) is 108 Å². The number of carbonyl (C=O) groups is 4. The number of rotatable bonds is 12. The van der Waals surface area contributed by atoms with Crippen LogP contribution >= 0.6 is 0 Å². The maximum Gasteiger partial charge on any atom is 0.146 e. The van der Waals surface area contributed by atoms with E-state index >= 15 is 0 Å². The van der Waals surface area contributed by atoms with Gasteiger partial charge in [-0.1, -0.05) is 55.4 Å². The van der Waals surface area contributed by atoms with E-state index < -0.39 is 54.5 Å². The molecule has 0 radical (unpaired) electrons. The second kappa shape index (κ2) is 17.4. The van der Waals surface area contributed by atoms with Crippen LogP contribution in [0.5, 0.6) is 0 Å². The summed E-state index contributed by atoms with van der Waals surface area (Å²) in [5.74, 6) is -5.10. The van der Waals surface area contributed by atoms with Crippen LogP contribution in [-0.4, -0.2) is 35.7 Å². The maximum atomic E-state index is 11.4.